The number of aromatic nitrogens is 3. The Hall–Kier alpha value is -1.62. The predicted octanol–water partition coefficient (Wildman–Crippen LogP) is 3.23. The molecular formula is C22H26MgN4O2S2. The molecule has 0 aliphatic carbocycles. The average Bonchev–Trinajstić information content (AvgIpc) is 3.40. The van der Waals surface area contributed by atoms with E-state index in [1.54, 1.807) is 17.5 Å². The number of thiophene rings is 1. The molecule has 0 saturated carbocycles. The highest BCUT2D eigenvalue weighted by Gasteiger charge is 2.20. The van der Waals surface area contributed by atoms with Crippen molar-refractivity contribution >= 4 is 56.6 Å². The van der Waals surface area contributed by atoms with E-state index >= 15 is 0 Å². The number of nitrogens with zero attached hydrogens (tertiary/aromatic N) is 3. The van der Waals surface area contributed by atoms with E-state index in [1.807, 2.05) is 37.3 Å². The highest BCUT2D eigenvalue weighted by molar-refractivity contribution is 7.90. The van der Waals surface area contributed by atoms with Gasteiger partial charge in [-0.25, -0.2) is 0 Å². The maximum Gasteiger partial charge on any atom is 0.322 e. The smallest absolute Gasteiger partial charge is 0.322 e. The molecule has 9 heteroatoms. The Morgan fingerprint density at radius 1 is 1.19 bits per heavy atom. The summed E-state index contributed by atoms with van der Waals surface area (Å²) >= 11 is 0.454. The maximum atomic E-state index is 12.8. The summed E-state index contributed by atoms with van der Waals surface area (Å²) in [6, 6.07) is 13.8. The zero-order valence-electron chi connectivity index (χ0n) is 17.0. The molecule has 0 aliphatic heterocycles. The highest BCUT2D eigenvalue weighted by Crippen LogP contribution is 2.24. The molecule has 4 aromatic rings. The van der Waals surface area contributed by atoms with Gasteiger partial charge in [-0.1, -0.05) is 18.2 Å². The monoisotopic (exact) mass is 466 g/mol. The van der Waals surface area contributed by atoms with Crippen LogP contribution in [0.25, 0.3) is 11.0 Å². The van der Waals surface area contributed by atoms with E-state index in [9.17, 15) is 4.55 Å². The second-order valence-electron chi connectivity index (χ2n) is 7.10. The van der Waals surface area contributed by atoms with Gasteiger partial charge in [0.15, 0.2) is 5.75 Å². The van der Waals surface area contributed by atoms with Gasteiger partial charge in [0.1, 0.15) is 12.4 Å². The minimum Gasteiger partial charge on any atom is -0.609 e. The molecule has 0 saturated heterocycles. The van der Waals surface area contributed by atoms with Crippen molar-refractivity contribution in [3.8, 4) is 5.75 Å². The number of ether oxygens (including phenoxy) is 1. The number of hydrogen-bond donors (Lipinski definition) is 1. The zero-order valence-corrected chi connectivity index (χ0v) is 18.6. The molecule has 3 heterocycles. The van der Waals surface area contributed by atoms with Crippen molar-refractivity contribution in [3.05, 3.63) is 70.2 Å². The number of likely N-dealkylation sites (N-methyl/N-ethyl adjacent to an activating group) is 1. The van der Waals surface area contributed by atoms with E-state index in [4.69, 9.17) is 4.74 Å². The van der Waals surface area contributed by atoms with Gasteiger partial charge in [0, 0.05) is 40.9 Å². The van der Waals surface area contributed by atoms with Gasteiger partial charge >= 0.3 is 28.2 Å². The predicted molar refractivity (Wildman–Crippen MR) is 130 cm³/mol. The Labute approximate surface area is 205 Å². The van der Waals surface area contributed by atoms with Crippen LogP contribution in [0.3, 0.4) is 0 Å². The fourth-order valence-electron chi connectivity index (χ4n) is 3.15. The number of rotatable bonds is 9. The maximum absolute atomic E-state index is 12.8. The molecule has 0 bridgehead atoms. The molecule has 1 unspecified atom stereocenters. The molecule has 1 atom stereocenters. The number of hydrogen-bond acceptors (Lipinski definition) is 6. The number of nitrogens with one attached hydrogen (secondary N) is 1. The fraction of sp³-hybridized carbons (Fsp3) is 0.273. The Morgan fingerprint density at radius 2 is 2.03 bits per heavy atom. The number of H-pyrrole nitrogens is 1. The van der Waals surface area contributed by atoms with Gasteiger partial charge in [-0.2, -0.15) is 4.98 Å². The molecule has 160 valence electrons. The molecule has 0 fully saturated rings. The van der Waals surface area contributed by atoms with Crippen LogP contribution >= 0.6 is 11.3 Å². The van der Waals surface area contributed by atoms with Gasteiger partial charge < -0.3 is 9.29 Å². The number of pyridine rings is 1. The number of para-hydroxylation sites is 2. The molecule has 0 aliphatic rings. The standard InChI is InChI=1S/C22H24N4O2S2.Mg.2H/c1-16-20(15-30(27)22-24-18-7-3-4-8-19(18)25-22)23-10-9-21(16)28-12-11-26(2)14-17-6-5-13-29-17;;;/h3-10,13H,11-12,14-15H2,1-2H3,(H,24,25);;;. The Balaban J connectivity index is 0.00000272. The van der Waals surface area contributed by atoms with Crippen LogP contribution in [0.2, 0.25) is 0 Å². The lowest BCUT2D eigenvalue weighted by Gasteiger charge is -2.17. The highest BCUT2D eigenvalue weighted by atomic mass is 32.2. The minimum atomic E-state index is -1.31. The van der Waals surface area contributed by atoms with Gasteiger partial charge in [0.05, 0.1) is 16.7 Å². The van der Waals surface area contributed by atoms with E-state index in [1.165, 1.54) is 4.88 Å². The SMILES string of the molecule is Cc1c(OCCN(C)Cc2cccs2)ccnc1C[S+]([O-])c1nc2ccccc2[nH]1.[MgH2]. The molecular weight excluding hydrogens is 441 g/mol. The van der Waals surface area contributed by atoms with E-state index in [0.717, 1.165) is 41.1 Å². The van der Waals surface area contributed by atoms with Gasteiger partial charge in [-0.05, 0) is 43.6 Å². The first kappa shape index (κ1) is 24.0. The second kappa shape index (κ2) is 11.3. The van der Waals surface area contributed by atoms with Crippen LogP contribution < -0.4 is 4.74 Å². The quantitative estimate of drug-likeness (QED) is 0.303. The number of fused-ring (bicyclic) bond motifs is 1. The zero-order chi connectivity index (χ0) is 20.9. The first-order valence-electron chi connectivity index (χ1n) is 9.71. The van der Waals surface area contributed by atoms with Crippen LogP contribution in [-0.4, -0.2) is 67.7 Å². The van der Waals surface area contributed by atoms with Gasteiger partial charge in [-0.15, -0.1) is 11.3 Å². The number of benzene rings is 1. The summed E-state index contributed by atoms with van der Waals surface area (Å²) in [5, 5.41) is 2.57. The van der Waals surface area contributed by atoms with Gasteiger partial charge in [0.2, 0.25) is 0 Å². The third-order valence-corrected chi connectivity index (χ3v) is 6.87. The third kappa shape index (κ3) is 6.21. The first-order chi connectivity index (χ1) is 14.6. The van der Waals surface area contributed by atoms with Crippen molar-refractivity contribution in [1.29, 1.82) is 0 Å². The lowest BCUT2D eigenvalue weighted by molar-refractivity contribution is 0.233. The van der Waals surface area contributed by atoms with Crippen molar-refractivity contribution in [1.82, 2.24) is 19.9 Å². The second-order valence-corrected chi connectivity index (χ2v) is 9.49. The van der Waals surface area contributed by atoms with E-state index in [2.05, 4.69) is 44.4 Å². The van der Waals surface area contributed by atoms with Crippen LogP contribution in [0.4, 0.5) is 0 Å². The van der Waals surface area contributed by atoms with Crippen molar-refractivity contribution < 1.29 is 9.29 Å². The molecule has 0 amide bonds. The fourth-order valence-corrected chi connectivity index (χ4v) is 5.03. The van der Waals surface area contributed by atoms with Crippen LogP contribution in [0.1, 0.15) is 16.1 Å². The summed E-state index contributed by atoms with van der Waals surface area (Å²) in [4.78, 5) is 15.6. The van der Waals surface area contributed by atoms with Crippen molar-refractivity contribution in [2.45, 2.75) is 24.4 Å². The van der Waals surface area contributed by atoms with Gasteiger partial charge in [0.25, 0.3) is 0 Å². The summed E-state index contributed by atoms with van der Waals surface area (Å²) in [6.07, 6.45) is 1.71. The molecule has 1 N–H and O–H groups in total. The molecule has 6 nitrogen and oxygen atoms in total. The number of imidazole rings is 1. The Bertz CT molecular complexity index is 1070. The largest absolute Gasteiger partial charge is 0.609 e. The summed E-state index contributed by atoms with van der Waals surface area (Å²) in [7, 11) is 2.09. The van der Waals surface area contributed by atoms with Gasteiger partial charge in [-0.3, -0.25) is 14.9 Å². The molecule has 0 spiro atoms. The molecule has 0 radical (unpaired) electrons. The van der Waals surface area contributed by atoms with Crippen LogP contribution in [-0.2, 0) is 23.5 Å². The topological polar surface area (TPSA) is 77.1 Å². The van der Waals surface area contributed by atoms with Crippen molar-refractivity contribution in [3.63, 3.8) is 0 Å². The summed E-state index contributed by atoms with van der Waals surface area (Å²) in [6.45, 7) is 4.28. The van der Waals surface area contributed by atoms with E-state index in [-0.39, 0.29) is 23.1 Å². The molecule has 3 aromatic heterocycles. The first-order valence-corrected chi connectivity index (χ1v) is 11.9. The van der Waals surface area contributed by atoms with Crippen molar-refractivity contribution in [2.24, 2.45) is 0 Å². The van der Waals surface area contributed by atoms with Crippen LogP contribution in [0.5, 0.6) is 5.75 Å². The van der Waals surface area contributed by atoms with Crippen LogP contribution in [0, 0.1) is 6.92 Å². The molecule has 4 rings (SSSR count). The Morgan fingerprint density at radius 3 is 2.81 bits per heavy atom. The van der Waals surface area contributed by atoms with Crippen LogP contribution in [0.15, 0.2) is 59.2 Å². The molecule has 1 aromatic carbocycles. The number of aromatic amines is 1. The third-order valence-electron chi connectivity index (χ3n) is 4.85. The summed E-state index contributed by atoms with van der Waals surface area (Å²) in [5.74, 6) is 1.08. The van der Waals surface area contributed by atoms with E-state index < -0.39 is 11.2 Å². The minimum absolute atomic E-state index is 0. The average molecular weight is 467 g/mol. The summed E-state index contributed by atoms with van der Waals surface area (Å²) < 4.78 is 18.8. The lowest BCUT2D eigenvalue weighted by atomic mass is 10.2. The van der Waals surface area contributed by atoms with Crippen molar-refractivity contribution in [2.75, 3.05) is 20.2 Å². The van der Waals surface area contributed by atoms with E-state index in [0.29, 0.717) is 17.5 Å². The molecule has 31 heavy (non-hydrogen) atoms. The lowest BCUT2D eigenvalue weighted by Crippen LogP contribution is -2.23. The summed E-state index contributed by atoms with van der Waals surface area (Å²) in [5.41, 5.74) is 3.38. The Kier molecular flexibility index (Phi) is 8.76. The normalized spacial score (nSPS) is 12.1.